The highest BCUT2D eigenvalue weighted by Crippen LogP contribution is 2.43. The molecule has 2 nitrogen and oxygen atoms in total. The third kappa shape index (κ3) is 0.763. The molecule has 0 aromatic carbocycles. The number of aliphatic hydroxyl groups excluding tert-OH is 2. The van der Waals surface area contributed by atoms with Gasteiger partial charge in [-0.1, -0.05) is 0 Å². The fraction of sp³-hybridized carbons (Fsp3) is 1.00. The molecular weight excluding hydrogens is 92.1 g/mol. The van der Waals surface area contributed by atoms with Crippen LogP contribution in [-0.2, 0) is 0 Å². The highest BCUT2D eigenvalue weighted by molar-refractivity contribution is 4.91. The Bertz CT molecular complexity index is 99.5. The zero-order valence-corrected chi connectivity index (χ0v) is 3.96. The van der Waals surface area contributed by atoms with E-state index >= 15 is 0 Å². The van der Waals surface area contributed by atoms with Crippen molar-refractivity contribution in [2.24, 2.45) is 5.41 Å². The zero-order valence-electron chi connectivity index (χ0n) is 5.96. The van der Waals surface area contributed by atoms with Crippen LogP contribution >= 0.6 is 0 Å². The summed E-state index contributed by atoms with van der Waals surface area (Å²) in [7, 11) is 0. The molecule has 1 rings (SSSR count). The third-order valence-corrected chi connectivity index (χ3v) is 1.34. The molecule has 2 unspecified atom stereocenters. The van der Waals surface area contributed by atoms with Crippen molar-refractivity contribution in [3.05, 3.63) is 0 Å². The predicted molar refractivity (Wildman–Crippen MR) is 25.8 cm³/mol. The lowest BCUT2D eigenvalue weighted by molar-refractivity contribution is 0.134. The number of hydrogen-bond acceptors (Lipinski definition) is 2. The second-order valence-corrected chi connectivity index (χ2v) is 1.99. The molecule has 0 radical (unpaired) electrons. The summed E-state index contributed by atoms with van der Waals surface area (Å²) < 4.78 is 13.7. The average molecular weight is 104 g/mol. The van der Waals surface area contributed by atoms with Gasteiger partial charge in [0, 0.05) is 5.41 Å². The molecule has 0 saturated heterocycles. The molecule has 0 aliphatic heterocycles. The minimum Gasteiger partial charge on any atom is -0.396 e. The Hall–Kier alpha value is -0.0800. The van der Waals surface area contributed by atoms with E-state index in [-0.39, 0.29) is 0 Å². The summed E-state index contributed by atoms with van der Waals surface area (Å²) in [6, 6.07) is 0. The van der Waals surface area contributed by atoms with E-state index in [1.54, 1.807) is 0 Å². The number of hydrogen-bond donors (Lipinski definition) is 2. The maximum absolute atomic E-state index is 8.70. The van der Waals surface area contributed by atoms with Crippen LogP contribution in [0.3, 0.4) is 0 Å². The first-order valence-corrected chi connectivity index (χ1v) is 2.30. The summed E-state index contributed by atoms with van der Waals surface area (Å²) in [6.45, 7) is -2.57. The monoisotopic (exact) mass is 104 g/mol. The first kappa shape index (κ1) is 3.05. The Labute approximate surface area is 45.6 Å². The molecule has 0 amide bonds. The van der Waals surface area contributed by atoms with Gasteiger partial charge in [-0.3, -0.25) is 0 Å². The van der Waals surface area contributed by atoms with E-state index in [4.69, 9.17) is 13.0 Å². The summed E-state index contributed by atoms with van der Waals surface area (Å²) in [5.41, 5.74) is -0.806. The van der Waals surface area contributed by atoms with Crippen LogP contribution < -0.4 is 0 Å². The summed E-state index contributed by atoms with van der Waals surface area (Å²) in [5, 5.41) is 17.4. The topological polar surface area (TPSA) is 40.5 Å². The SMILES string of the molecule is [2H]C(O)C1(C([2H])O)CC1. The Morgan fingerprint density at radius 3 is 1.86 bits per heavy atom. The Morgan fingerprint density at radius 1 is 1.43 bits per heavy atom. The van der Waals surface area contributed by atoms with E-state index < -0.39 is 18.6 Å². The van der Waals surface area contributed by atoms with E-state index in [1.165, 1.54) is 0 Å². The predicted octanol–water partition coefficient (Wildman–Crippen LogP) is -0.249. The first-order chi connectivity index (χ1) is 4.09. The molecule has 0 heterocycles. The first-order valence-electron chi connectivity index (χ1n) is 3.46. The van der Waals surface area contributed by atoms with Gasteiger partial charge in [0.15, 0.2) is 0 Å². The zero-order chi connectivity index (χ0) is 7.07. The highest BCUT2D eigenvalue weighted by atomic mass is 16.3. The second kappa shape index (κ2) is 1.46. The van der Waals surface area contributed by atoms with Crippen molar-refractivity contribution in [3.8, 4) is 0 Å². The fourth-order valence-corrected chi connectivity index (χ4v) is 0.436. The summed E-state index contributed by atoms with van der Waals surface area (Å²) in [5.74, 6) is 0. The van der Waals surface area contributed by atoms with Crippen molar-refractivity contribution in [2.45, 2.75) is 12.8 Å². The van der Waals surface area contributed by atoms with Gasteiger partial charge in [0.05, 0.1) is 15.9 Å². The molecule has 1 saturated carbocycles. The van der Waals surface area contributed by atoms with Gasteiger partial charge in [-0.05, 0) is 12.8 Å². The quantitative estimate of drug-likeness (QED) is 0.507. The van der Waals surface area contributed by atoms with Gasteiger partial charge in [0.2, 0.25) is 0 Å². The van der Waals surface area contributed by atoms with Gasteiger partial charge < -0.3 is 10.2 Å². The molecule has 2 N–H and O–H groups in total. The largest absolute Gasteiger partial charge is 0.396 e. The standard InChI is InChI=1S/C5H10O2/c6-3-5(4-7)1-2-5/h6-7H,1-4H2/i3D,4D. The van der Waals surface area contributed by atoms with Crippen LogP contribution in [0, 0.1) is 5.41 Å². The molecule has 2 atom stereocenters. The van der Waals surface area contributed by atoms with E-state index in [0.29, 0.717) is 12.8 Å². The summed E-state index contributed by atoms with van der Waals surface area (Å²) in [4.78, 5) is 0. The second-order valence-electron chi connectivity index (χ2n) is 1.99. The number of rotatable bonds is 2. The van der Waals surface area contributed by atoms with Gasteiger partial charge in [0.25, 0.3) is 0 Å². The Morgan fingerprint density at radius 2 is 1.86 bits per heavy atom. The maximum atomic E-state index is 8.70. The molecular formula is C5H10O2. The van der Waals surface area contributed by atoms with Gasteiger partial charge in [-0.2, -0.15) is 0 Å². The van der Waals surface area contributed by atoms with Crippen molar-refractivity contribution in [3.63, 3.8) is 0 Å². The lowest BCUT2D eigenvalue weighted by Gasteiger charge is -2.02. The lowest BCUT2D eigenvalue weighted by Crippen LogP contribution is -2.10. The molecule has 0 bridgehead atoms. The van der Waals surface area contributed by atoms with Gasteiger partial charge in [-0.25, -0.2) is 0 Å². The van der Waals surface area contributed by atoms with Crippen molar-refractivity contribution in [1.82, 2.24) is 0 Å². The van der Waals surface area contributed by atoms with E-state index in [0.717, 1.165) is 0 Å². The van der Waals surface area contributed by atoms with Crippen LogP contribution in [0.2, 0.25) is 0 Å². The van der Waals surface area contributed by atoms with Gasteiger partial charge >= 0.3 is 0 Å². The average Bonchev–Trinajstić information content (AvgIpc) is 2.40. The summed E-state index contributed by atoms with van der Waals surface area (Å²) in [6.07, 6.45) is 1.20. The molecule has 1 fully saturated rings. The normalized spacial score (nSPS) is 38.0. The van der Waals surface area contributed by atoms with Gasteiger partial charge in [-0.15, -0.1) is 0 Å². The maximum Gasteiger partial charge on any atom is 0.0570 e. The van der Waals surface area contributed by atoms with E-state index in [2.05, 4.69) is 0 Å². The van der Waals surface area contributed by atoms with Crippen molar-refractivity contribution >= 4 is 0 Å². The van der Waals surface area contributed by atoms with E-state index in [9.17, 15) is 0 Å². The Balaban J connectivity index is 2.52. The molecule has 0 spiro atoms. The number of aliphatic hydroxyl groups is 2. The van der Waals surface area contributed by atoms with Crippen molar-refractivity contribution < 1.29 is 13.0 Å². The molecule has 0 aromatic heterocycles. The van der Waals surface area contributed by atoms with Crippen LogP contribution in [0.15, 0.2) is 0 Å². The van der Waals surface area contributed by atoms with Crippen LogP contribution in [0.5, 0.6) is 0 Å². The van der Waals surface area contributed by atoms with Crippen LogP contribution in [-0.4, -0.2) is 23.4 Å². The Kier molecular flexibility index (Phi) is 0.634. The molecule has 0 aromatic rings. The van der Waals surface area contributed by atoms with Gasteiger partial charge in [0.1, 0.15) is 0 Å². The van der Waals surface area contributed by atoms with Crippen molar-refractivity contribution in [1.29, 1.82) is 0 Å². The molecule has 42 valence electrons. The minimum absolute atomic E-state index is 0.600. The third-order valence-electron chi connectivity index (χ3n) is 1.34. The van der Waals surface area contributed by atoms with E-state index in [1.807, 2.05) is 0 Å². The molecule has 1 aliphatic rings. The molecule has 7 heavy (non-hydrogen) atoms. The lowest BCUT2D eigenvalue weighted by atomic mass is 10.1. The highest BCUT2D eigenvalue weighted by Gasteiger charge is 2.41. The summed E-state index contributed by atoms with van der Waals surface area (Å²) >= 11 is 0. The van der Waals surface area contributed by atoms with Crippen LogP contribution in [0.1, 0.15) is 15.6 Å². The fourth-order valence-electron chi connectivity index (χ4n) is 0.436. The molecule has 2 heteroatoms. The van der Waals surface area contributed by atoms with Crippen LogP contribution in [0.25, 0.3) is 0 Å². The molecule has 1 aliphatic carbocycles. The van der Waals surface area contributed by atoms with Crippen molar-refractivity contribution in [2.75, 3.05) is 13.2 Å². The smallest absolute Gasteiger partial charge is 0.0570 e. The van der Waals surface area contributed by atoms with Crippen LogP contribution in [0.4, 0.5) is 0 Å². The minimum atomic E-state index is -1.29.